The third-order valence-electron chi connectivity index (χ3n) is 5.27. The minimum absolute atomic E-state index is 0.145. The lowest BCUT2D eigenvalue weighted by molar-refractivity contribution is -0.118. The Morgan fingerprint density at radius 1 is 1.09 bits per heavy atom. The minimum Gasteiger partial charge on any atom is -0.497 e. The summed E-state index contributed by atoms with van der Waals surface area (Å²) < 4.78 is 37.4. The van der Waals surface area contributed by atoms with E-state index in [9.17, 15) is 13.2 Å². The molecule has 0 saturated heterocycles. The monoisotopic (exact) mass is 511 g/mol. The predicted octanol–water partition coefficient (Wildman–Crippen LogP) is 4.50. The van der Waals surface area contributed by atoms with Gasteiger partial charge in [0, 0.05) is 18.8 Å². The van der Waals surface area contributed by atoms with E-state index in [0.717, 1.165) is 10.3 Å². The van der Waals surface area contributed by atoms with Gasteiger partial charge >= 0.3 is 0 Å². The molecule has 0 unspecified atom stereocenters. The molecular weight excluding hydrogens is 486 g/mol. The number of thiazole rings is 1. The maximum Gasteiger partial charge on any atom is 0.230 e. The topological polar surface area (TPSA) is 98.7 Å². The first kappa shape index (κ1) is 24.6. The molecule has 0 bridgehead atoms. The lowest BCUT2D eigenvalue weighted by Gasteiger charge is -2.20. The summed E-state index contributed by atoms with van der Waals surface area (Å²) in [4.78, 5) is 23.8. The Kier molecular flexibility index (Phi) is 7.62. The smallest absolute Gasteiger partial charge is 0.230 e. The van der Waals surface area contributed by atoms with E-state index in [0.29, 0.717) is 28.8 Å². The second kappa shape index (κ2) is 10.8. The van der Waals surface area contributed by atoms with Crippen molar-refractivity contribution in [3.8, 4) is 11.5 Å². The van der Waals surface area contributed by atoms with Gasteiger partial charge < -0.3 is 9.47 Å². The molecule has 0 radical (unpaired) electrons. The Bertz CT molecular complexity index is 1400. The summed E-state index contributed by atoms with van der Waals surface area (Å²) in [7, 11) is -2.15. The molecule has 0 aliphatic carbocycles. The second-order valence-corrected chi connectivity index (χ2v) is 10.7. The van der Waals surface area contributed by atoms with Crippen LogP contribution >= 0.6 is 11.3 Å². The zero-order chi connectivity index (χ0) is 24.8. The number of carbonyl (C=O) groups excluding carboxylic acids is 1. The van der Waals surface area contributed by atoms with Crippen molar-refractivity contribution in [2.75, 3.05) is 24.4 Å². The maximum absolute atomic E-state index is 13.4. The number of hydrogen-bond donors (Lipinski definition) is 0. The van der Waals surface area contributed by atoms with Crippen molar-refractivity contribution in [1.82, 2.24) is 9.97 Å². The van der Waals surface area contributed by atoms with Gasteiger partial charge in [-0.25, -0.2) is 13.4 Å². The number of rotatable bonds is 10. The third-order valence-corrected chi connectivity index (χ3v) is 8.04. The van der Waals surface area contributed by atoms with E-state index < -0.39 is 9.84 Å². The molecule has 0 aliphatic heterocycles. The van der Waals surface area contributed by atoms with E-state index in [1.165, 1.54) is 35.5 Å². The van der Waals surface area contributed by atoms with Gasteiger partial charge in [0.25, 0.3) is 0 Å². The Balaban J connectivity index is 1.60. The van der Waals surface area contributed by atoms with E-state index >= 15 is 0 Å². The van der Waals surface area contributed by atoms with Gasteiger partial charge in [-0.1, -0.05) is 23.5 Å². The van der Waals surface area contributed by atoms with Gasteiger partial charge in [0.1, 0.15) is 17.0 Å². The SMILES string of the molecule is CCOc1cccc2sc(N(Cc3cccnc3)C(=O)CCS(=O)(=O)c3ccc(OC)cc3)nc12. The number of ether oxygens (including phenoxy) is 2. The van der Waals surface area contributed by atoms with Gasteiger partial charge in [0.05, 0.1) is 35.6 Å². The number of amides is 1. The van der Waals surface area contributed by atoms with Gasteiger partial charge in [-0.05, 0) is 55.0 Å². The van der Waals surface area contributed by atoms with E-state index in [1.807, 2.05) is 31.2 Å². The molecule has 182 valence electrons. The summed E-state index contributed by atoms with van der Waals surface area (Å²) in [6.07, 6.45) is 3.14. The highest BCUT2D eigenvalue weighted by Crippen LogP contribution is 2.35. The largest absolute Gasteiger partial charge is 0.497 e. The molecule has 0 aliphatic rings. The molecule has 2 aromatic heterocycles. The highest BCUT2D eigenvalue weighted by Gasteiger charge is 2.24. The Morgan fingerprint density at radius 2 is 1.89 bits per heavy atom. The highest BCUT2D eigenvalue weighted by atomic mass is 32.2. The first-order chi connectivity index (χ1) is 16.9. The molecule has 2 heterocycles. The van der Waals surface area contributed by atoms with Crippen LogP contribution in [0.4, 0.5) is 5.13 Å². The van der Waals surface area contributed by atoms with Crippen molar-refractivity contribution < 1.29 is 22.7 Å². The van der Waals surface area contributed by atoms with Crippen LogP contribution in [0.25, 0.3) is 10.2 Å². The standard InChI is InChI=1S/C25H25N3O5S2/c1-3-33-21-7-4-8-22-24(21)27-25(34-22)28(17-18-6-5-14-26-16-18)23(29)13-15-35(30,31)20-11-9-19(32-2)10-12-20/h4-12,14,16H,3,13,15,17H2,1-2H3. The van der Waals surface area contributed by atoms with Crippen LogP contribution in [-0.4, -0.2) is 43.8 Å². The first-order valence-electron chi connectivity index (χ1n) is 11.0. The number of pyridine rings is 1. The summed E-state index contributed by atoms with van der Waals surface area (Å²) >= 11 is 1.36. The van der Waals surface area contributed by atoms with Gasteiger partial charge in [-0.2, -0.15) is 0 Å². The number of benzene rings is 2. The van der Waals surface area contributed by atoms with Crippen LogP contribution < -0.4 is 14.4 Å². The first-order valence-corrected chi connectivity index (χ1v) is 13.5. The van der Waals surface area contributed by atoms with Crippen molar-refractivity contribution in [3.63, 3.8) is 0 Å². The molecule has 0 spiro atoms. The Morgan fingerprint density at radius 3 is 2.57 bits per heavy atom. The number of para-hydroxylation sites is 1. The molecular formula is C25H25N3O5S2. The van der Waals surface area contributed by atoms with E-state index in [2.05, 4.69) is 9.97 Å². The number of sulfone groups is 1. The molecule has 0 saturated carbocycles. The molecule has 4 rings (SSSR count). The fraction of sp³-hybridized carbons (Fsp3) is 0.240. The van der Waals surface area contributed by atoms with Crippen molar-refractivity contribution in [2.45, 2.75) is 24.8 Å². The van der Waals surface area contributed by atoms with Gasteiger partial charge in [-0.15, -0.1) is 0 Å². The van der Waals surface area contributed by atoms with Crippen LogP contribution in [0.5, 0.6) is 11.5 Å². The lowest BCUT2D eigenvalue weighted by atomic mass is 10.2. The van der Waals surface area contributed by atoms with Crippen molar-refractivity contribution in [1.29, 1.82) is 0 Å². The number of methoxy groups -OCH3 is 1. The van der Waals surface area contributed by atoms with Crippen LogP contribution in [0.2, 0.25) is 0 Å². The van der Waals surface area contributed by atoms with Crippen LogP contribution in [0.3, 0.4) is 0 Å². The Labute approximate surface area is 208 Å². The zero-order valence-corrected chi connectivity index (χ0v) is 21.0. The Hall–Kier alpha value is -3.50. The predicted molar refractivity (Wildman–Crippen MR) is 136 cm³/mol. The van der Waals surface area contributed by atoms with E-state index in [-0.39, 0.29) is 29.5 Å². The molecule has 8 nitrogen and oxygen atoms in total. The quantitative estimate of drug-likeness (QED) is 0.309. The molecule has 0 atom stereocenters. The van der Waals surface area contributed by atoms with Crippen molar-refractivity contribution >= 4 is 42.4 Å². The molecule has 1 amide bonds. The summed E-state index contributed by atoms with van der Waals surface area (Å²) in [6.45, 7) is 2.61. The summed E-state index contributed by atoms with van der Waals surface area (Å²) in [5.41, 5.74) is 1.48. The number of nitrogens with zero attached hydrogens (tertiary/aromatic N) is 3. The number of aromatic nitrogens is 2. The summed E-state index contributed by atoms with van der Waals surface area (Å²) in [6, 6.07) is 15.4. The maximum atomic E-state index is 13.4. The molecule has 35 heavy (non-hydrogen) atoms. The molecule has 0 fully saturated rings. The van der Waals surface area contributed by atoms with Gasteiger partial charge in [0.2, 0.25) is 5.91 Å². The van der Waals surface area contributed by atoms with E-state index in [1.54, 1.807) is 30.6 Å². The summed E-state index contributed by atoms with van der Waals surface area (Å²) in [5.74, 6) is 0.535. The van der Waals surface area contributed by atoms with Crippen LogP contribution in [-0.2, 0) is 21.2 Å². The summed E-state index contributed by atoms with van der Waals surface area (Å²) in [5, 5.41) is 0.475. The molecule has 10 heteroatoms. The fourth-order valence-electron chi connectivity index (χ4n) is 3.49. The molecule has 4 aromatic rings. The normalized spacial score (nSPS) is 11.4. The number of fused-ring (bicyclic) bond motifs is 1. The highest BCUT2D eigenvalue weighted by molar-refractivity contribution is 7.91. The third kappa shape index (κ3) is 5.77. The van der Waals surface area contributed by atoms with Crippen LogP contribution in [0.15, 0.2) is 71.9 Å². The average Bonchev–Trinajstić information content (AvgIpc) is 3.32. The van der Waals surface area contributed by atoms with Gasteiger partial charge in [-0.3, -0.25) is 14.7 Å². The van der Waals surface area contributed by atoms with E-state index in [4.69, 9.17) is 9.47 Å². The minimum atomic E-state index is -3.66. The number of carbonyl (C=O) groups is 1. The molecule has 0 N–H and O–H groups in total. The number of anilines is 1. The number of hydrogen-bond acceptors (Lipinski definition) is 8. The van der Waals surface area contributed by atoms with Gasteiger partial charge in [0.15, 0.2) is 15.0 Å². The van der Waals surface area contributed by atoms with Crippen LogP contribution in [0.1, 0.15) is 18.9 Å². The van der Waals surface area contributed by atoms with Crippen molar-refractivity contribution in [3.05, 3.63) is 72.6 Å². The fourth-order valence-corrected chi connectivity index (χ4v) is 5.72. The van der Waals surface area contributed by atoms with Crippen molar-refractivity contribution in [2.24, 2.45) is 0 Å². The average molecular weight is 512 g/mol. The van der Waals surface area contributed by atoms with Crippen LogP contribution in [0, 0.1) is 0 Å². The zero-order valence-electron chi connectivity index (χ0n) is 19.4. The molecule has 2 aromatic carbocycles. The second-order valence-electron chi connectivity index (χ2n) is 7.62. The lowest BCUT2D eigenvalue weighted by Crippen LogP contribution is -2.31.